The number of methoxy groups -OCH3 is 2. The van der Waals surface area contributed by atoms with Gasteiger partial charge in [-0.3, -0.25) is 14.5 Å². The minimum atomic E-state index is -0.855. The van der Waals surface area contributed by atoms with Gasteiger partial charge in [-0.1, -0.05) is 15.9 Å². The third kappa shape index (κ3) is 3.90. The Labute approximate surface area is 213 Å². The highest BCUT2D eigenvalue weighted by molar-refractivity contribution is 9.10. The molecule has 0 radical (unpaired) electrons. The number of furan rings is 1. The van der Waals surface area contributed by atoms with Crippen LogP contribution in [0.25, 0.3) is 11.0 Å². The summed E-state index contributed by atoms with van der Waals surface area (Å²) in [6.45, 7) is 1.90. The quantitative estimate of drug-likeness (QED) is 0.279. The summed E-state index contributed by atoms with van der Waals surface area (Å²) in [7, 11) is 3.02. The molecule has 0 fully saturated rings. The zero-order valence-corrected chi connectivity index (χ0v) is 21.4. The number of nitrogens with zero attached hydrogens (tertiary/aromatic N) is 1. The van der Waals surface area contributed by atoms with E-state index in [1.807, 2.05) is 30.5 Å². The highest BCUT2D eigenvalue weighted by Crippen LogP contribution is 2.46. The predicted molar refractivity (Wildman–Crippen MR) is 137 cm³/mol. The van der Waals surface area contributed by atoms with Crippen molar-refractivity contribution in [3.8, 4) is 11.5 Å². The lowest BCUT2D eigenvalue weighted by atomic mass is 9.98. The van der Waals surface area contributed by atoms with Crippen LogP contribution in [-0.4, -0.2) is 31.0 Å². The molecule has 1 amide bonds. The Morgan fingerprint density at radius 3 is 2.43 bits per heavy atom. The van der Waals surface area contributed by atoms with Crippen LogP contribution in [0.15, 0.2) is 74.1 Å². The van der Waals surface area contributed by atoms with E-state index in [-0.39, 0.29) is 11.3 Å². The number of carbonyl (C=O) groups excluding carboxylic acids is 2. The number of anilines is 1. The first-order chi connectivity index (χ1) is 16.8. The number of ketones is 1. The van der Waals surface area contributed by atoms with Gasteiger partial charge in [0.15, 0.2) is 11.5 Å². The van der Waals surface area contributed by atoms with Gasteiger partial charge in [0.2, 0.25) is 5.78 Å². The first-order valence-electron chi connectivity index (χ1n) is 10.6. The number of aryl methyl sites for hydroxylation is 1. The molecule has 1 unspecified atom stereocenters. The van der Waals surface area contributed by atoms with Crippen molar-refractivity contribution in [2.24, 2.45) is 0 Å². The number of halogens is 1. The van der Waals surface area contributed by atoms with Gasteiger partial charge >= 0.3 is 0 Å². The molecule has 1 N–H and O–H groups in total. The molecule has 0 saturated carbocycles. The maximum atomic E-state index is 13.8. The number of benzene rings is 2. The number of aliphatic hydroxyl groups is 1. The molecule has 35 heavy (non-hydrogen) atoms. The monoisotopic (exact) mass is 553 g/mol. The summed E-state index contributed by atoms with van der Waals surface area (Å²) in [6.07, 6.45) is 0. The third-order valence-corrected chi connectivity index (χ3v) is 7.48. The van der Waals surface area contributed by atoms with Crippen molar-refractivity contribution in [1.82, 2.24) is 0 Å². The van der Waals surface area contributed by atoms with Crippen molar-refractivity contribution < 1.29 is 28.6 Å². The Morgan fingerprint density at radius 1 is 1.09 bits per heavy atom. The number of hydrogen-bond donors (Lipinski definition) is 1. The van der Waals surface area contributed by atoms with Crippen molar-refractivity contribution in [3.63, 3.8) is 0 Å². The Kier molecular flexibility index (Phi) is 5.90. The van der Waals surface area contributed by atoms with Gasteiger partial charge in [0, 0.05) is 32.9 Å². The number of thiophene rings is 1. The van der Waals surface area contributed by atoms with E-state index in [0.29, 0.717) is 22.8 Å². The van der Waals surface area contributed by atoms with E-state index in [2.05, 4.69) is 15.9 Å². The molecule has 0 bridgehead atoms. The number of rotatable bonds is 6. The molecule has 0 saturated heterocycles. The zero-order chi connectivity index (χ0) is 24.9. The molecular weight excluding hydrogens is 534 g/mol. The molecule has 9 heteroatoms. The minimum absolute atomic E-state index is 0.0386. The van der Waals surface area contributed by atoms with Crippen molar-refractivity contribution in [1.29, 1.82) is 0 Å². The van der Waals surface area contributed by atoms with Gasteiger partial charge in [-0.15, -0.1) is 11.3 Å². The van der Waals surface area contributed by atoms with Crippen LogP contribution < -0.4 is 14.4 Å². The maximum absolute atomic E-state index is 13.8. The van der Waals surface area contributed by atoms with Gasteiger partial charge < -0.3 is 19.0 Å². The fourth-order valence-electron chi connectivity index (χ4n) is 4.21. The Morgan fingerprint density at radius 2 is 1.80 bits per heavy atom. The summed E-state index contributed by atoms with van der Waals surface area (Å²) >= 11 is 4.82. The van der Waals surface area contributed by atoms with E-state index in [1.165, 1.54) is 30.5 Å². The van der Waals surface area contributed by atoms with Crippen LogP contribution in [-0.2, 0) is 4.79 Å². The van der Waals surface area contributed by atoms with E-state index >= 15 is 0 Å². The molecule has 0 spiro atoms. The standard InChI is InChI=1S/C26H20BrNO6S/c1-13-6-7-35-25(13)22-21(23(29)20-9-14-8-15(27)4-5-19(14)34-20)24(30)26(31)28(22)16-10-17(32-2)12-18(11-16)33-3/h4-12,22,30H,1-3H3. The van der Waals surface area contributed by atoms with Gasteiger partial charge in [-0.2, -0.15) is 0 Å². The molecule has 3 heterocycles. The number of fused-ring (bicyclic) bond motifs is 1. The molecule has 7 nitrogen and oxygen atoms in total. The van der Waals surface area contributed by atoms with Crippen LogP contribution in [0, 0.1) is 6.92 Å². The van der Waals surface area contributed by atoms with Crippen LogP contribution in [0.1, 0.15) is 27.0 Å². The number of hydrogen-bond acceptors (Lipinski definition) is 7. The van der Waals surface area contributed by atoms with E-state index in [9.17, 15) is 14.7 Å². The van der Waals surface area contributed by atoms with Gasteiger partial charge in [0.05, 0.1) is 25.5 Å². The zero-order valence-electron chi connectivity index (χ0n) is 19.0. The predicted octanol–water partition coefficient (Wildman–Crippen LogP) is 6.37. The van der Waals surface area contributed by atoms with Crippen molar-refractivity contribution in [2.75, 3.05) is 19.1 Å². The molecular formula is C26H20BrNO6S. The molecule has 2 aromatic carbocycles. The molecule has 1 atom stereocenters. The summed E-state index contributed by atoms with van der Waals surface area (Å²) in [4.78, 5) is 29.3. The second-order valence-corrected chi connectivity index (χ2v) is 9.86. The lowest BCUT2D eigenvalue weighted by Crippen LogP contribution is -2.31. The second-order valence-electron chi connectivity index (χ2n) is 8.00. The fraction of sp³-hybridized carbons (Fsp3) is 0.154. The normalized spacial score (nSPS) is 15.8. The maximum Gasteiger partial charge on any atom is 0.294 e. The average Bonchev–Trinajstić information content (AvgIpc) is 3.54. The number of carbonyl (C=O) groups is 2. The lowest BCUT2D eigenvalue weighted by molar-refractivity contribution is -0.117. The van der Waals surface area contributed by atoms with Crippen LogP contribution >= 0.6 is 27.3 Å². The van der Waals surface area contributed by atoms with E-state index < -0.39 is 23.5 Å². The number of amides is 1. The van der Waals surface area contributed by atoms with Gasteiger partial charge in [-0.25, -0.2) is 0 Å². The molecule has 178 valence electrons. The number of Topliss-reactive ketones (excluding diaryl/α,β-unsaturated/α-hetero) is 1. The molecule has 2 aromatic heterocycles. The summed E-state index contributed by atoms with van der Waals surface area (Å²) in [5.41, 5.74) is 1.80. The van der Waals surface area contributed by atoms with E-state index in [0.717, 1.165) is 20.3 Å². The Balaban J connectivity index is 1.67. The van der Waals surface area contributed by atoms with Crippen molar-refractivity contribution >= 4 is 55.6 Å². The number of aliphatic hydroxyl groups excluding tert-OH is 1. The largest absolute Gasteiger partial charge is 0.503 e. The van der Waals surface area contributed by atoms with Crippen LogP contribution in [0.5, 0.6) is 11.5 Å². The average molecular weight is 554 g/mol. The SMILES string of the molecule is COc1cc(OC)cc(N2C(=O)C(O)=C(C(=O)c3cc4cc(Br)ccc4o3)C2c2sccc2C)c1. The Hall–Kier alpha value is -3.56. The van der Waals surface area contributed by atoms with Crippen LogP contribution in [0.4, 0.5) is 5.69 Å². The van der Waals surface area contributed by atoms with Crippen molar-refractivity contribution in [3.05, 3.63) is 85.9 Å². The topological polar surface area (TPSA) is 89.2 Å². The van der Waals surface area contributed by atoms with E-state index in [1.54, 1.807) is 30.3 Å². The lowest BCUT2D eigenvalue weighted by Gasteiger charge is -2.27. The molecule has 0 aliphatic carbocycles. The summed E-state index contributed by atoms with van der Waals surface area (Å²) in [5, 5.41) is 13.6. The molecule has 1 aliphatic heterocycles. The highest BCUT2D eigenvalue weighted by Gasteiger charge is 2.46. The summed E-state index contributed by atoms with van der Waals surface area (Å²) in [6, 6.07) is 13.1. The smallest absolute Gasteiger partial charge is 0.294 e. The number of ether oxygens (including phenoxy) is 2. The fourth-order valence-corrected chi connectivity index (χ4v) is 5.61. The third-order valence-electron chi connectivity index (χ3n) is 5.92. The molecule has 4 aromatic rings. The van der Waals surface area contributed by atoms with Crippen molar-refractivity contribution in [2.45, 2.75) is 13.0 Å². The Bertz CT molecular complexity index is 1500. The highest BCUT2D eigenvalue weighted by atomic mass is 79.9. The van der Waals surface area contributed by atoms with Crippen LogP contribution in [0.3, 0.4) is 0 Å². The second kappa shape index (κ2) is 8.90. The molecule has 5 rings (SSSR count). The van der Waals surface area contributed by atoms with Gasteiger partial charge in [-0.05, 0) is 48.2 Å². The van der Waals surface area contributed by atoms with E-state index in [4.69, 9.17) is 13.9 Å². The van der Waals surface area contributed by atoms with Crippen LogP contribution in [0.2, 0.25) is 0 Å². The van der Waals surface area contributed by atoms with Gasteiger partial charge in [0.1, 0.15) is 23.1 Å². The van der Waals surface area contributed by atoms with Gasteiger partial charge in [0.25, 0.3) is 5.91 Å². The first-order valence-corrected chi connectivity index (χ1v) is 12.3. The summed E-state index contributed by atoms with van der Waals surface area (Å²) in [5.74, 6) is -0.890. The minimum Gasteiger partial charge on any atom is -0.503 e. The molecule has 1 aliphatic rings. The summed E-state index contributed by atoms with van der Waals surface area (Å²) < 4.78 is 17.4. The first kappa shape index (κ1) is 23.2.